The van der Waals surface area contributed by atoms with E-state index in [1.807, 2.05) is 0 Å². The molecular weight excluding hydrogens is 435 g/mol. The van der Waals surface area contributed by atoms with Crippen LogP contribution in [0.4, 0.5) is 5.69 Å². The summed E-state index contributed by atoms with van der Waals surface area (Å²) in [6.45, 7) is 1.82. The molecule has 0 aliphatic carbocycles. The van der Waals surface area contributed by atoms with E-state index in [0.717, 1.165) is 0 Å². The molecule has 1 saturated heterocycles. The Kier molecular flexibility index (Phi) is 6.63. The number of piperidine rings is 1. The second kappa shape index (κ2) is 8.83. The Morgan fingerprint density at radius 1 is 1.07 bits per heavy atom. The molecule has 0 radical (unpaired) electrons. The smallest absolute Gasteiger partial charge is 0.243 e. The number of carbonyl (C=O) groups excluding carboxylic acids is 2. The first-order valence-electron chi connectivity index (χ1n) is 9.06. The maximum atomic E-state index is 12.9. The Morgan fingerprint density at radius 2 is 1.72 bits per heavy atom. The molecule has 2 aromatic carbocycles. The molecule has 0 atom stereocenters. The van der Waals surface area contributed by atoms with Crippen molar-refractivity contribution >= 4 is 50.6 Å². The summed E-state index contributed by atoms with van der Waals surface area (Å²) in [4.78, 5) is 24.2. The largest absolute Gasteiger partial charge is 0.324 e. The van der Waals surface area contributed by atoms with Gasteiger partial charge in [0.25, 0.3) is 0 Å². The van der Waals surface area contributed by atoms with E-state index < -0.39 is 10.0 Å². The van der Waals surface area contributed by atoms with E-state index in [1.165, 1.54) is 23.4 Å². The van der Waals surface area contributed by atoms with E-state index >= 15 is 0 Å². The van der Waals surface area contributed by atoms with Crippen molar-refractivity contribution in [2.45, 2.75) is 24.7 Å². The number of carbonyl (C=O) groups is 2. The van der Waals surface area contributed by atoms with Crippen molar-refractivity contribution in [3.63, 3.8) is 0 Å². The molecule has 1 N–H and O–H groups in total. The minimum atomic E-state index is -3.73. The Labute approximate surface area is 179 Å². The number of ketones is 1. The third kappa shape index (κ3) is 4.80. The van der Waals surface area contributed by atoms with Gasteiger partial charge >= 0.3 is 0 Å². The van der Waals surface area contributed by atoms with Crippen molar-refractivity contribution in [3.05, 3.63) is 58.1 Å². The van der Waals surface area contributed by atoms with Gasteiger partial charge in [-0.05, 0) is 44.0 Å². The third-order valence-electron chi connectivity index (χ3n) is 4.91. The highest BCUT2D eigenvalue weighted by molar-refractivity contribution is 7.89. The number of hydrogen-bond acceptors (Lipinski definition) is 4. The summed E-state index contributed by atoms with van der Waals surface area (Å²) in [6.07, 6.45) is 0.769. The van der Waals surface area contributed by atoms with Crippen LogP contribution >= 0.6 is 23.2 Å². The molecule has 0 spiro atoms. The van der Waals surface area contributed by atoms with Gasteiger partial charge < -0.3 is 5.32 Å². The van der Waals surface area contributed by atoms with Gasteiger partial charge in [-0.1, -0.05) is 41.4 Å². The molecule has 2 aromatic rings. The first-order chi connectivity index (χ1) is 13.7. The number of Topliss-reactive ketones (excluding diaryl/α,β-unsaturated/α-hetero) is 1. The van der Waals surface area contributed by atoms with E-state index in [9.17, 15) is 18.0 Å². The first kappa shape index (κ1) is 21.8. The average Bonchev–Trinajstić information content (AvgIpc) is 2.71. The number of halogens is 2. The summed E-state index contributed by atoms with van der Waals surface area (Å²) in [7, 11) is -3.73. The summed E-state index contributed by atoms with van der Waals surface area (Å²) in [5.74, 6) is -0.748. The zero-order valence-corrected chi connectivity index (χ0v) is 18.0. The molecule has 154 valence electrons. The summed E-state index contributed by atoms with van der Waals surface area (Å²) in [6, 6.07) is 11.0. The standard InChI is InChI=1S/C20H20Cl2N2O4S/c1-13(25)15-4-2-5-16(12-15)29(27,28)24-10-8-14(9-11-24)20(26)23-18-7-3-6-17(21)19(18)22/h2-7,12,14H,8-11H2,1H3,(H,23,26). The predicted molar refractivity (Wildman–Crippen MR) is 113 cm³/mol. The van der Waals surface area contributed by atoms with Gasteiger partial charge in [-0.15, -0.1) is 0 Å². The van der Waals surface area contributed by atoms with Crippen molar-refractivity contribution < 1.29 is 18.0 Å². The monoisotopic (exact) mass is 454 g/mol. The van der Waals surface area contributed by atoms with Crippen LogP contribution in [0.15, 0.2) is 47.4 Å². The van der Waals surface area contributed by atoms with Crippen molar-refractivity contribution in [2.24, 2.45) is 5.92 Å². The summed E-state index contributed by atoms with van der Waals surface area (Å²) >= 11 is 12.1. The number of hydrogen-bond donors (Lipinski definition) is 1. The summed E-state index contributed by atoms with van der Waals surface area (Å²) in [5.41, 5.74) is 0.777. The highest BCUT2D eigenvalue weighted by Crippen LogP contribution is 2.31. The quantitative estimate of drug-likeness (QED) is 0.684. The number of amides is 1. The zero-order chi connectivity index (χ0) is 21.2. The van der Waals surface area contributed by atoms with Gasteiger partial charge in [-0.25, -0.2) is 8.42 Å². The number of rotatable bonds is 5. The molecule has 1 aliphatic rings. The molecule has 1 fully saturated rings. The van der Waals surface area contributed by atoms with Crippen LogP contribution in [-0.2, 0) is 14.8 Å². The van der Waals surface area contributed by atoms with E-state index in [-0.39, 0.29) is 40.6 Å². The molecule has 0 saturated carbocycles. The maximum absolute atomic E-state index is 12.9. The topological polar surface area (TPSA) is 83.6 Å². The number of nitrogens with one attached hydrogen (secondary N) is 1. The Hall–Kier alpha value is -1.93. The molecule has 1 amide bonds. The second-order valence-electron chi connectivity index (χ2n) is 6.85. The predicted octanol–water partition coefficient (Wildman–Crippen LogP) is 4.24. The molecular formula is C20H20Cl2N2O4S. The molecule has 3 rings (SSSR count). The third-order valence-corrected chi connectivity index (χ3v) is 7.63. The van der Waals surface area contributed by atoms with Gasteiger partial charge in [-0.2, -0.15) is 4.31 Å². The lowest BCUT2D eigenvalue weighted by Crippen LogP contribution is -2.41. The molecule has 1 aliphatic heterocycles. The van der Waals surface area contributed by atoms with Crippen molar-refractivity contribution in [3.8, 4) is 0 Å². The van der Waals surface area contributed by atoms with E-state index in [0.29, 0.717) is 29.1 Å². The fraction of sp³-hybridized carbons (Fsp3) is 0.300. The Bertz CT molecular complexity index is 1050. The Morgan fingerprint density at radius 3 is 2.38 bits per heavy atom. The first-order valence-corrected chi connectivity index (χ1v) is 11.3. The van der Waals surface area contributed by atoms with E-state index in [2.05, 4.69) is 5.32 Å². The lowest BCUT2D eigenvalue weighted by molar-refractivity contribution is -0.120. The van der Waals surface area contributed by atoms with Crippen LogP contribution in [-0.4, -0.2) is 37.5 Å². The Balaban J connectivity index is 1.66. The minimum Gasteiger partial charge on any atom is -0.324 e. The molecule has 6 nitrogen and oxygen atoms in total. The van der Waals surface area contributed by atoms with Crippen LogP contribution in [0.25, 0.3) is 0 Å². The lowest BCUT2D eigenvalue weighted by atomic mass is 9.97. The average molecular weight is 455 g/mol. The lowest BCUT2D eigenvalue weighted by Gasteiger charge is -2.30. The van der Waals surface area contributed by atoms with Crippen LogP contribution in [0.2, 0.25) is 10.0 Å². The SMILES string of the molecule is CC(=O)c1cccc(S(=O)(=O)N2CCC(C(=O)Nc3cccc(Cl)c3Cl)CC2)c1. The highest BCUT2D eigenvalue weighted by atomic mass is 35.5. The van der Waals surface area contributed by atoms with Gasteiger partial charge in [-0.3, -0.25) is 9.59 Å². The van der Waals surface area contributed by atoms with Crippen LogP contribution < -0.4 is 5.32 Å². The molecule has 0 unspecified atom stereocenters. The highest BCUT2D eigenvalue weighted by Gasteiger charge is 2.32. The van der Waals surface area contributed by atoms with Gasteiger partial charge in [0, 0.05) is 24.6 Å². The second-order valence-corrected chi connectivity index (χ2v) is 9.58. The van der Waals surface area contributed by atoms with Crippen LogP contribution in [0, 0.1) is 5.92 Å². The summed E-state index contributed by atoms with van der Waals surface area (Å²) in [5, 5.41) is 3.38. The maximum Gasteiger partial charge on any atom is 0.243 e. The van der Waals surface area contributed by atoms with Crippen LogP contribution in [0.1, 0.15) is 30.1 Å². The van der Waals surface area contributed by atoms with Crippen molar-refractivity contribution in [2.75, 3.05) is 18.4 Å². The molecule has 29 heavy (non-hydrogen) atoms. The van der Waals surface area contributed by atoms with Crippen LogP contribution in [0.3, 0.4) is 0 Å². The zero-order valence-electron chi connectivity index (χ0n) is 15.7. The van der Waals surface area contributed by atoms with Crippen LogP contribution in [0.5, 0.6) is 0 Å². The van der Waals surface area contributed by atoms with E-state index in [4.69, 9.17) is 23.2 Å². The number of sulfonamides is 1. The van der Waals surface area contributed by atoms with E-state index in [1.54, 1.807) is 30.3 Å². The van der Waals surface area contributed by atoms with Gasteiger partial charge in [0.15, 0.2) is 5.78 Å². The molecule has 9 heteroatoms. The van der Waals surface area contributed by atoms with Gasteiger partial charge in [0.05, 0.1) is 20.6 Å². The van der Waals surface area contributed by atoms with Crippen molar-refractivity contribution in [1.29, 1.82) is 0 Å². The van der Waals surface area contributed by atoms with Gasteiger partial charge in [0.1, 0.15) is 0 Å². The number of benzene rings is 2. The normalized spacial score (nSPS) is 15.8. The molecule has 1 heterocycles. The summed E-state index contributed by atoms with van der Waals surface area (Å²) < 4.78 is 27.1. The minimum absolute atomic E-state index is 0.0822. The fourth-order valence-corrected chi connectivity index (χ4v) is 5.08. The molecule has 0 aromatic heterocycles. The number of anilines is 1. The van der Waals surface area contributed by atoms with Gasteiger partial charge in [0.2, 0.25) is 15.9 Å². The van der Waals surface area contributed by atoms with Crippen molar-refractivity contribution in [1.82, 2.24) is 4.31 Å². The fourth-order valence-electron chi connectivity index (χ4n) is 3.22. The number of nitrogens with zero attached hydrogens (tertiary/aromatic N) is 1. The molecule has 0 bridgehead atoms.